The number of carboxylic acid groups (broad SMARTS) is 1. The van der Waals surface area contributed by atoms with Crippen molar-refractivity contribution in [2.75, 3.05) is 0 Å². The Morgan fingerprint density at radius 1 is 1.31 bits per heavy atom. The smallest absolute Gasteiger partial charge is 0.333 e. The van der Waals surface area contributed by atoms with Crippen molar-refractivity contribution in [2.24, 2.45) is 0 Å². The number of rotatable bonds is 7. The van der Waals surface area contributed by atoms with Gasteiger partial charge in [-0.2, -0.15) is 0 Å². The van der Waals surface area contributed by atoms with E-state index in [0.29, 0.717) is 33.6 Å². The molecule has 3 rings (SSSR count). The van der Waals surface area contributed by atoms with Gasteiger partial charge in [0, 0.05) is 34.8 Å². The highest BCUT2D eigenvalue weighted by atomic mass is 16.4. The summed E-state index contributed by atoms with van der Waals surface area (Å²) >= 11 is 0. The molecule has 1 atom stereocenters. The van der Waals surface area contributed by atoms with Crippen LogP contribution in [-0.4, -0.2) is 16.1 Å². The van der Waals surface area contributed by atoms with Crippen LogP contribution in [0.4, 0.5) is 0 Å². The molecule has 2 N–H and O–H groups in total. The van der Waals surface area contributed by atoms with Crippen LogP contribution in [0.5, 0.6) is 0 Å². The van der Waals surface area contributed by atoms with E-state index in [4.69, 9.17) is 4.42 Å². The summed E-state index contributed by atoms with van der Waals surface area (Å²) in [5.74, 6) is -0.555. The molecule has 6 heteroatoms. The first-order valence-electron chi connectivity index (χ1n) is 10.2. The Labute approximate surface area is 186 Å². The fourth-order valence-corrected chi connectivity index (χ4v) is 3.53. The van der Waals surface area contributed by atoms with E-state index in [1.165, 1.54) is 6.92 Å². The number of aromatic nitrogens is 1. The summed E-state index contributed by atoms with van der Waals surface area (Å²) in [5, 5.41) is 13.2. The molecule has 0 saturated carbocycles. The van der Waals surface area contributed by atoms with Crippen LogP contribution in [-0.2, 0) is 4.79 Å². The van der Waals surface area contributed by atoms with Crippen molar-refractivity contribution in [3.05, 3.63) is 99.6 Å². The van der Waals surface area contributed by atoms with Crippen molar-refractivity contribution in [1.29, 1.82) is 0 Å². The van der Waals surface area contributed by atoms with Gasteiger partial charge in [0.15, 0.2) is 5.43 Å². The molecule has 2 aromatic heterocycles. The normalized spacial score (nSPS) is 13.1. The van der Waals surface area contributed by atoms with Crippen LogP contribution < -0.4 is 10.7 Å². The monoisotopic (exact) mass is 430 g/mol. The second-order valence-corrected chi connectivity index (χ2v) is 7.66. The molecule has 0 saturated heterocycles. The van der Waals surface area contributed by atoms with E-state index in [9.17, 15) is 14.7 Å². The average molecular weight is 431 g/mol. The summed E-state index contributed by atoms with van der Waals surface area (Å²) < 4.78 is 6.29. The van der Waals surface area contributed by atoms with Gasteiger partial charge >= 0.3 is 5.97 Å². The molecule has 32 heavy (non-hydrogen) atoms. The van der Waals surface area contributed by atoms with E-state index in [-0.39, 0.29) is 17.0 Å². The van der Waals surface area contributed by atoms with Gasteiger partial charge in [-0.25, -0.2) is 4.79 Å². The molecule has 164 valence electrons. The summed E-state index contributed by atoms with van der Waals surface area (Å²) in [6.07, 6.45) is 8.22. The zero-order valence-corrected chi connectivity index (χ0v) is 18.6. The number of nitrogens with one attached hydrogen (secondary N) is 1. The molecule has 3 aromatic rings. The summed E-state index contributed by atoms with van der Waals surface area (Å²) in [6, 6.07) is 7.04. The first-order chi connectivity index (χ1) is 15.2. The summed E-state index contributed by atoms with van der Waals surface area (Å²) in [7, 11) is 0. The van der Waals surface area contributed by atoms with E-state index < -0.39 is 5.97 Å². The molecular formula is C26H26N2O4. The number of carbonyl (C=O) groups is 1. The molecule has 0 spiro atoms. The van der Waals surface area contributed by atoms with Crippen LogP contribution >= 0.6 is 0 Å². The van der Waals surface area contributed by atoms with Crippen molar-refractivity contribution in [2.45, 2.75) is 33.7 Å². The quantitative estimate of drug-likeness (QED) is 0.394. The number of carboxylic acids is 1. The first-order valence-corrected chi connectivity index (χ1v) is 10.2. The predicted octanol–water partition coefficient (Wildman–Crippen LogP) is 5.22. The number of hydrogen-bond acceptors (Lipinski definition) is 5. The number of nitrogens with zero attached hydrogens (tertiary/aromatic N) is 1. The molecule has 0 bridgehead atoms. The van der Waals surface area contributed by atoms with Gasteiger partial charge in [0.1, 0.15) is 11.3 Å². The number of hydrogen-bond donors (Lipinski definition) is 2. The summed E-state index contributed by atoms with van der Waals surface area (Å²) in [5.41, 5.74) is 3.86. The second kappa shape index (κ2) is 9.47. The van der Waals surface area contributed by atoms with Gasteiger partial charge in [0.25, 0.3) is 0 Å². The Hall–Kier alpha value is -3.93. The van der Waals surface area contributed by atoms with E-state index in [0.717, 1.165) is 11.1 Å². The van der Waals surface area contributed by atoms with Gasteiger partial charge in [-0.05, 0) is 57.5 Å². The van der Waals surface area contributed by atoms with Crippen LogP contribution in [0.25, 0.3) is 22.3 Å². The van der Waals surface area contributed by atoms with Crippen molar-refractivity contribution < 1.29 is 14.3 Å². The fourth-order valence-electron chi connectivity index (χ4n) is 3.53. The molecule has 0 aliphatic rings. The Morgan fingerprint density at radius 3 is 2.69 bits per heavy atom. The van der Waals surface area contributed by atoms with Gasteiger partial charge in [-0.15, -0.1) is 0 Å². The van der Waals surface area contributed by atoms with Crippen LogP contribution in [0.15, 0.2) is 81.9 Å². The Kier molecular flexibility index (Phi) is 6.73. The Bertz CT molecular complexity index is 1300. The molecule has 1 unspecified atom stereocenters. The second-order valence-electron chi connectivity index (χ2n) is 7.66. The number of fused-ring (bicyclic) bond motifs is 1. The lowest BCUT2D eigenvalue weighted by Gasteiger charge is -2.20. The number of allylic oxidation sites excluding steroid dienone is 3. The highest BCUT2D eigenvalue weighted by molar-refractivity contribution is 5.87. The molecule has 0 fully saturated rings. The predicted molar refractivity (Wildman–Crippen MR) is 126 cm³/mol. The van der Waals surface area contributed by atoms with Crippen molar-refractivity contribution in [3.63, 3.8) is 0 Å². The minimum absolute atomic E-state index is 0.105. The molecule has 1 aromatic carbocycles. The molecule has 0 radical (unpaired) electrons. The third kappa shape index (κ3) is 4.54. The van der Waals surface area contributed by atoms with Crippen LogP contribution in [0.2, 0.25) is 0 Å². The van der Waals surface area contributed by atoms with Gasteiger partial charge in [-0.3, -0.25) is 9.78 Å². The molecule has 0 aliphatic heterocycles. The standard InChI is InChI=1S/C26H26N2O4/c1-6-7-10-22(16(3)26(30)31)28-18(5)20-12-15(2)13-21-23(29)17(4)24(32-25(20)21)19-9-8-11-27-14-19/h6-14,18,28H,1H2,2-5H3,(H,30,31)/b10-7-,22-16-. The lowest BCUT2D eigenvalue weighted by Crippen LogP contribution is -2.21. The molecule has 0 amide bonds. The average Bonchev–Trinajstić information content (AvgIpc) is 2.78. The topological polar surface area (TPSA) is 92.4 Å². The van der Waals surface area contributed by atoms with E-state index in [1.807, 2.05) is 32.0 Å². The lowest BCUT2D eigenvalue weighted by atomic mass is 9.99. The van der Waals surface area contributed by atoms with Crippen LogP contribution in [0.3, 0.4) is 0 Å². The summed E-state index contributed by atoms with van der Waals surface area (Å²) in [4.78, 5) is 28.9. The molecule has 2 heterocycles. The maximum atomic E-state index is 13.2. The van der Waals surface area contributed by atoms with Crippen LogP contribution in [0.1, 0.15) is 36.6 Å². The number of aryl methyl sites for hydroxylation is 1. The van der Waals surface area contributed by atoms with E-state index >= 15 is 0 Å². The fraction of sp³-hybridized carbons (Fsp3) is 0.192. The maximum Gasteiger partial charge on any atom is 0.333 e. The van der Waals surface area contributed by atoms with Crippen molar-refractivity contribution >= 4 is 16.9 Å². The molecule has 6 nitrogen and oxygen atoms in total. The van der Waals surface area contributed by atoms with Crippen LogP contribution in [0, 0.1) is 13.8 Å². The van der Waals surface area contributed by atoms with E-state index in [2.05, 4.69) is 16.9 Å². The Morgan fingerprint density at radius 2 is 2.06 bits per heavy atom. The highest BCUT2D eigenvalue weighted by Gasteiger charge is 2.20. The number of aliphatic carboxylic acids is 1. The van der Waals surface area contributed by atoms with Gasteiger partial charge in [-0.1, -0.05) is 24.8 Å². The third-order valence-electron chi connectivity index (χ3n) is 5.28. The Balaban J connectivity index is 2.21. The van der Waals surface area contributed by atoms with Crippen molar-refractivity contribution in [3.8, 4) is 11.3 Å². The maximum absolute atomic E-state index is 13.2. The molecule has 0 aliphatic carbocycles. The highest BCUT2D eigenvalue weighted by Crippen LogP contribution is 2.31. The van der Waals surface area contributed by atoms with Gasteiger partial charge in [0.2, 0.25) is 0 Å². The van der Waals surface area contributed by atoms with Crippen molar-refractivity contribution in [1.82, 2.24) is 10.3 Å². The largest absolute Gasteiger partial charge is 0.478 e. The number of pyridine rings is 1. The zero-order chi connectivity index (χ0) is 23.4. The minimum Gasteiger partial charge on any atom is -0.478 e. The summed E-state index contributed by atoms with van der Waals surface area (Å²) in [6.45, 7) is 10.7. The minimum atomic E-state index is -1.02. The SMILES string of the molecule is C=C/C=C\C(NC(C)c1cc(C)cc2c(=O)c(C)c(-c3cccnc3)oc12)=C(/C)C(=O)O. The van der Waals surface area contributed by atoms with Gasteiger partial charge < -0.3 is 14.8 Å². The number of benzene rings is 1. The van der Waals surface area contributed by atoms with E-state index in [1.54, 1.807) is 43.6 Å². The van der Waals surface area contributed by atoms with Gasteiger partial charge in [0.05, 0.1) is 17.0 Å². The third-order valence-corrected chi connectivity index (χ3v) is 5.28. The zero-order valence-electron chi connectivity index (χ0n) is 18.6. The molecular weight excluding hydrogens is 404 g/mol. The first kappa shape index (κ1) is 22.7. The lowest BCUT2D eigenvalue weighted by molar-refractivity contribution is -0.132.